The zero-order valence-electron chi connectivity index (χ0n) is 55.6. The third kappa shape index (κ3) is 46.9. The Kier molecular flexibility index (Phi) is 49.8. The van der Waals surface area contributed by atoms with Crippen molar-refractivity contribution in [3.8, 4) is 5.75 Å². The molecule has 1 aliphatic rings. The second kappa shape index (κ2) is 55.5. The van der Waals surface area contributed by atoms with Crippen molar-refractivity contribution < 1.29 is 82.3 Å². The minimum absolute atomic E-state index is 0.0564. The maximum atomic E-state index is 13.1. The van der Waals surface area contributed by atoms with E-state index in [4.69, 9.17) is 40.4 Å². The molecular formula is C66H116N10O17. The number of nitrogens with two attached hydrogens (primary N) is 2. The number of ether oxygens (including phenoxy) is 4. The van der Waals surface area contributed by atoms with Gasteiger partial charge in [-0.2, -0.15) is 0 Å². The average Bonchev–Trinajstić information content (AvgIpc) is 3.04. The topological polar surface area (TPSA) is 409 Å². The molecule has 0 heterocycles. The van der Waals surface area contributed by atoms with E-state index in [1.807, 2.05) is 0 Å². The maximum Gasteiger partial charge on any atom is 0.320 e. The van der Waals surface area contributed by atoms with Gasteiger partial charge in [0.1, 0.15) is 25.0 Å². The van der Waals surface area contributed by atoms with Gasteiger partial charge in [0.2, 0.25) is 29.5 Å². The van der Waals surface area contributed by atoms with Crippen LogP contribution in [0.15, 0.2) is 24.3 Å². The number of amides is 5. The average molecular weight is 1320 g/mol. The summed E-state index contributed by atoms with van der Waals surface area (Å²) in [5.74, 6) is -3.80. The highest BCUT2D eigenvalue weighted by Gasteiger charge is 2.27. The van der Waals surface area contributed by atoms with Gasteiger partial charge in [-0.15, -0.1) is 0 Å². The molecule has 1 saturated carbocycles. The summed E-state index contributed by atoms with van der Waals surface area (Å²) in [4.78, 5) is 115. The van der Waals surface area contributed by atoms with E-state index in [0.29, 0.717) is 56.2 Å². The van der Waals surface area contributed by atoms with Crippen molar-refractivity contribution in [3.63, 3.8) is 0 Å². The molecule has 0 saturated heterocycles. The number of aromatic hydroxyl groups is 1. The number of Topliss-reactive ketones (excluding diaryl/α,β-unsaturated/α-hetero) is 2. The SMILES string of the molecule is CN[C@@H](CCCCNC(=O)COCCOCCNC(=O)COCCOCCNC(=O)CC[C@@H](NC[C@H]1CC[C@@H](CNOCCCCCCCCCCCCCCCCCCC(=O)O)CC1)C(=O)O)C(=O)CN[C@@H](CC(N)=O)C(=O)CN[C@H](Cc1ccc(O)cc1)C(N)=O. The summed E-state index contributed by atoms with van der Waals surface area (Å²) in [5, 5.41) is 48.0. The van der Waals surface area contributed by atoms with Gasteiger partial charge in [-0.1, -0.05) is 102 Å². The molecule has 2 rings (SSSR count). The second-order valence-corrected chi connectivity index (χ2v) is 24.2. The predicted molar refractivity (Wildman–Crippen MR) is 352 cm³/mol. The largest absolute Gasteiger partial charge is 0.508 e. The number of carboxylic acids is 2. The summed E-state index contributed by atoms with van der Waals surface area (Å²) < 4.78 is 21.6. The number of carboxylic acid groups (broad SMARTS) is 2. The molecule has 93 heavy (non-hydrogen) atoms. The number of likely N-dealkylation sites (N-methyl/N-ethyl adjacent to an activating group) is 1. The van der Waals surface area contributed by atoms with E-state index in [2.05, 4.69) is 42.7 Å². The maximum absolute atomic E-state index is 13.1. The van der Waals surface area contributed by atoms with Gasteiger partial charge in [0.15, 0.2) is 11.6 Å². The number of unbranched alkanes of at least 4 members (excludes halogenated alkanes) is 16. The number of carbonyl (C=O) groups is 9. The fourth-order valence-electron chi connectivity index (χ4n) is 10.7. The first-order chi connectivity index (χ1) is 45.0. The van der Waals surface area contributed by atoms with Crippen LogP contribution in [0.4, 0.5) is 0 Å². The minimum Gasteiger partial charge on any atom is -0.508 e. The van der Waals surface area contributed by atoms with E-state index in [0.717, 1.165) is 64.5 Å². The lowest BCUT2D eigenvalue weighted by atomic mass is 9.82. The summed E-state index contributed by atoms with van der Waals surface area (Å²) in [6, 6.07) is 2.78. The molecule has 1 fully saturated rings. The lowest BCUT2D eigenvalue weighted by molar-refractivity contribution is -0.140. The fourth-order valence-corrected chi connectivity index (χ4v) is 10.7. The van der Waals surface area contributed by atoms with Gasteiger partial charge in [-0.25, -0.2) is 5.48 Å². The highest BCUT2D eigenvalue weighted by Crippen LogP contribution is 2.28. The van der Waals surface area contributed by atoms with Crippen molar-refractivity contribution >= 4 is 53.0 Å². The Hall–Kier alpha value is -5.75. The Balaban J connectivity index is 1.37. The molecule has 532 valence electrons. The number of aliphatic carboxylic acids is 2. The molecule has 27 nitrogen and oxygen atoms in total. The molecule has 0 unspecified atom stereocenters. The van der Waals surface area contributed by atoms with Crippen molar-refractivity contribution in [1.82, 2.24) is 42.7 Å². The number of hydrogen-bond acceptors (Lipinski definition) is 20. The lowest BCUT2D eigenvalue weighted by Gasteiger charge is -2.29. The van der Waals surface area contributed by atoms with E-state index in [1.165, 1.54) is 89.2 Å². The fraction of sp³-hybridized carbons (Fsp3) is 0.773. The minimum atomic E-state index is -1.09. The van der Waals surface area contributed by atoms with Crippen LogP contribution in [0.1, 0.15) is 179 Å². The van der Waals surface area contributed by atoms with Gasteiger partial charge < -0.3 is 82.5 Å². The number of nitrogens with one attached hydrogen (secondary N) is 8. The number of ketones is 2. The van der Waals surface area contributed by atoms with Crippen LogP contribution >= 0.6 is 0 Å². The van der Waals surface area contributed by atoms with Crippen LogP contribution in [0, 0.1) is 11.8 Å². The third-order valence-electron chi connectivity index (χ3n) is 16.3. The van der Waals surface area contributed by atoms with Crippen molar-refractivity contribution in [1.29, 1.82) is 0 Å². The highest BCUT2D eigenvalue weighted by atomic mass is 16.6. The number of benzene rings is 1. The van der Waals surface area contributed by atoms with Crippen LogP contribution in [0.5, 0.6) is 5.75 Å². The lowest BCUT2D eigenvalue weighted by Crippen LogP contribution is -2.51. The summed E-state index contributed by atoms with van der Waals surface area (Å²) in [7, 11) is 1.63. The van der Waals surface area contributed by atoms with E-state index < -0.39 is 53.7 Å². The van der Waals surface area contributed by atoms with E-state index in [9.17, 15) is 53.4 Å². The molecule has 0 aromatic heterocycles. The second-order valence-electron chi connectivity index (χ2n) is 24.2. The Morgan fingerprint density at radius 3 is 1.49 bits per heavy atom. The van der Waals surface area contributed by atoms with Crippen molar-refractivity contribution in [2.75, 3.05) is 112 Å². The zero-order valence-corrected chi connectivity index (χ0v) is 55.6. The number of phenols is 1. The van der Waals surface area contributed by atoms with Crippen LogP contribution in [-0.4, -0.2) is 205 Å². The highest BCUT2D eigenvalue weighted by molar-refractivity contribution is 5.92. The van der Waals surface area contributed by atoms with Gasteiger partial charge >= 0.3 is 11.9 Å². The number of primary amides is 2. The molecular weight excluding hydrogens is 1200 g/mol. The first kappa shape index (κ1) is 83.3. The van der Waals surface area contributed by atoms with Crippen LogP contribution in [0.3, 0.4) is 0 Å². The molecule has 0 radical (unpaired) electrons. The first-order valence-electron chi connectivity index (χ1n) is 34.2. The standard InChI is InChI=1S/C66H116N10O17/c1-69-54(58(78)46-74-56(43-60(67)80)59(79)47-75-57(65(68)86)42-50-26-28-53(77)29-27-50)20-17-18-32-70-62(82)48-91-40-39-90-37-34-72-63(83)49-92-41-38-89-36-33-71-61(81)31-30-55(66(87)88)73-44-51-22-24-52(25-23-51)45-76-93-35-19-15-13-11-9-7-5-3-2-4-6-8-10-12-14-16-21-64(84)85/h26-29,51-52,54-57,69,73-77H,2-25,30-49H2,1H3,(H2,67,80)(H2,68,86)(H,70,82)(H,71,81)(H,72,83)(H,84,85)(H,87,88)/t51-,52+,54-,55+,56-,57+/m0/s1. The molecule has 27 heteroatoms. The molecule has 4 atom stereocenters. The number of hydroxylamine groups is 1. The monoisotopic (exact) mass is 1320 g/mol. The van der Waals surface area contributed by atoms with Gasteiger partial charge in [-0.3, -0.25) is 48.5 Å². The van der Waals surface area contributed by atoms with E-state index in [1.54, 1.807) is 19.2 Å². The van der Waals surface area contributed by atoms with Gasteiger partial charge in [0.05, 0.1) is 77.5 Å². The van der Waals surface area contributed by atoms with Crippen molar-refractivity contribution in [2.45, 2.75) is 204 Å². The van der Waals surface area contributed by atoms with E-state index >= 15 is 0 Å². The van der Waals surface area contributed by atoms with Crippen LogP contribution < -0.4 is 54.2 Å². The predicted octanol–water partition coefficient (Wildman–Crippen LogP) is 3.39. The molecule has 1 aromatic carbocycles. The quantitative estimate of drug-likeness (QED) is 0.0328. The summed E-state index contributed by atoms with van der Waals surface area (Å²) in [5.41, 5.74) is 14.8. The summed E-state index contributed by atoms with van der Waals surface area (Å²) in [6.07, 6.45) is 25.6. The summed E-state index contributed by atoms with van der Waals surface area (Å²) >= 11 is 0. The molecule has 1 aliphatic carbocycles. The number of phenolic OH excluding ortho intramolecular Hbond substituents is 1. The summed E-state index contributed by atoms with van der Waals surface area (Å²) in [6.45, 7) is 3.22. The number of hydrogen-bond donors (Lipinski definition) is 13. The molecule has 0 spiro atoms. The van der Waals surface area contributed by atoms with Gasteiger partial charge in [0.25, 0.3) is 0 Å². The van der Waals surface area contributed by atoms with Crippen molar-refractivity contribution in [2.24, 2.45) is 23.3 Å². The third-order valence-corrected chi connectivity index (χ3v) is 16.3. The van der Waals surface area contributed by atoms with Crippen LogP contribution in [-0.2, 0) is 73.4 Å². The normalized spacial score (nSPS) is 15.2. The Morgan fingerprint density at radius 2 is 0.978 bits per heavy atom. The molecule has 0 aliphatic heterocycles. The Labute approximate surface area is 551 Å². The zero-order chi connectivity index (χ0) is 67.9. The number of carbonyl (C=O) groups excluding carboxylic acids is 7. The smallest absolute Gasteiger partial charge is 0.320 e. The molecule has 0 bridgehead atoms. The van der Waals surface area contributed by atoms with Crippen LogP contribution in [0.2, 0.25) is 0 Å². The number of rotatable bonds is 64. The molecule has 5 amide bonds. The van der Waals surface area contributed by atoms with E-state index in [-0.39, 0.29) is 134 Å². The Morgan fingerprint density at radius 1 is 0.495 bits per heavy atom. The van der Waals surface area contributed by atoms with Crippen LogP contribution in [0.25, 0.3) is 0 Å². The van der Waals surface area contributed by atoms with Gasteiger partial charge in [-0.05, 0) is 114 Å². The van der Waals surface area contributed by atoms with Crippen molar-refractivity contribution in [3.05, 3.63) is 29.8 Å². The molecule has 15 N–H and O–H groups in total. The first-order valence-corrected chi connectivity index (χ1v) is 34.2. The Bertz CT molecular complexity index is 2210. The van der Waals surface area contributed by atoms with Gasteiger partial charge in [0, 0.05) is 45.4 Å². The molecule has 1 aromatic rings.